The minimum atomic E-state index is -0.261. The lowest BCUT2D eigenvalue weighted by molar-refractivity contribution is 0.142. The molecular formula is C21H21ClN4O3. The summed E-state index contributed by atoms with van der Waals surface area (Å²) in [4.78, 5) is 19.2. The van der Waals surface area contributed by atoms with Crippen molar-refractivity contribution in [2.75, 3.05) is 19.0 Å². The van der Waals surface area contributed by atoms with Crippen LogP contribution in [-0.2, 0) is 0 Å². The minimum absolute atomic E-state index is 0.200. The predicted molar refractivity (Wildman–Crippen MR) is 110 cm³/mol. The van der Waals surface area contributed by atoms with Gasteiger partial charge in [-0.1, -0.05) is 22.8 Å². The highest BCUT2D eigenvalue weighted by Crippen LogP contribution is 2.32. The molecule has 1 unspecified atom stereocenters. The normalized spacial score (nSPS) is 16.5. The molecule has 0 spiro atoms. The summed E-state index contributed by atoms with van der Waals surface area (Å²) >= 11 is 5.94. The summed E-state index contributed by atoms with van der Waals surface area (Å²) in [6.45, 7) is 0.624. The van der Waals surface area contributed by atoms with Gasteiger partial charge in [0.15, 0.2) is 0 Å². The van der Waals surface area contributed by atoms with E-state index in [0.717, 1.165) is 24.8 Å². The Kier molecular flexibility index (Phi) is 5.67. The number of carbonyl (C=O) groups is 1. The molecule has 0 bridgehead atoms. The highest BCUT2D eigenvalue weighted by atomic mass is 35.5. The number of ether oxygens (including phenoxy) is 1. The average Bonchev–Trinajstić information content (AvgIpc) is 3.24. The van der Waals surface area contributed by atoms with E-state index in [1.165, 1.54) is 0 Å². The summed E-state index contributed by atoms with van der Waals surface area (Å²) in [6.07, 6.45) is 2.69. The van der Waals surface area contributed by atoms with Gasteiger partial charge in [0.1, 0.15) is 11.8 Å². The number of carbonyl (C=O) groups excluding carboxylic acids is 1. The minimum Gasteiger partial charge on any atom is -0.497 e. The number of aromatic nitrogens is 2. The number of nitrogens with one attached hydrogen (secondary N) is 1. The third-order valence-corrected chi connectivity index (χ3v) is 5.17. The molecule has 2 heterocycles. The monoisotopic (exact) mass is 412 g/mol. The number of likely N-dealkylation sites (tertiary alicyclic amines) is 1. The quantitative estimate of drug-likeness (QED) is 0.640. The molecule has 1 aliphatic heterocycles. The van der Waals surface area contributed by atoms with Gasteiger partial charge in [-0.15, -0.1) is 0 Å². The first kappa shape index (κ1) is 19.3. The topological polar surface area (TPSA) is 80.5 Å². The number of halogens is 1. The van der Waals surface area contributed by atoms with Crippen molar-refractivity contribution in [2.45, 2.75) is 25.3 Å². The summed E-state index contributed by atoms with van der Waals surface area (Å²) in [5, 5.41) is 7.66. The van der Waals surface area contributed by atoms with Crippen molar-refractivity contribution < 1.29 is 14.1 Å². The Morgan fingerprint density at radius 3 is 2.86 bits per heavy atom. The Morgan fingerprint density at radius 1 is 1.24 bits per heavy atom. The molecule has 1 aliphatic rings. The van der Waals surface area contributed by atoms with E-state index in [9.17, 15) is 4.79 Å². The van der Waals surface area contributed by atoms with E-state index < -0.39 is 0 Å². The average molecular weight is 413 g/mol. The first-order valence-corrected chi connectivity index (χ1v) is 9.83. The lowest BCUT2D eigenvalue weighted by Crippen LogP contribution is -2.41. The van der Waals surface area contributed by atoms with Crippen molar-refractivity contribution >= 4 is 23.3 Å². The molecule has 1 N–H and O–H groups in total. The first-order valence-electron chi connectivity index (χ1n) is 9.45. The Hall–Kier alpha value is -3.06. The molecule has 0 saturated carbocycles. The maximum Gasteiger partial charge on any atom is 0.322 e. The van der Waals surface area contributed by atoms with E-state index in [1.807, 2.05) is 30.3 Å². The van der Waals surface area contributed by atoms with Crippen LogP contribution in [0.25, 0.3) is 11.4 Å². The maximum absolute atomic E-state index is 12.9. The second-order valence-electron chi connectivity index (χ2n) is 6.83. The molecule has 7 nitrogen and oxygen atoms in total. The number of piperidine rings is 1. The number of hydrogen-bond donors (Lipinski definition) is 1. The Morgan fingerprint density at radius 2 is 2.07 bits per heavy atom. The number of amides is 2. The maximum atomic E-state index is 12.9. The molecule has 1 fully saturated rings. The van der Waals surface area contributed by atoms with E-state index in [1.54, 1.807) is 30.2 Å². The van der Waals surface area contributed by atoms with Gasteiger partial charge in [0.25, 0.3) is 0 Å². The van der Waals surface area contributed by atoms with Crippen molar-refractivity contribution in [1.82, 2.24) is 15.0 Å². The molecule has 29 heavy (non-hydrogen) atoms. The fraction of sp³-hybridized carbons (Fsp3) is 0.286. The van der Waals surface area contributed by atoms with Gasteiger partial charge >= 0.3 is 6.03 Å². The standard InChI is InChI=1S/C21H21ClN4O3/c1-28-17-6-4-5-16(13-17)23-21(27)26-12-3-2-7-18(26)20-24-19(25-29-20)14-8-10-15(22)11-9-14/h4-6,8-11,13,18H,2-3,7,12H2,1H3,(H,23,27). The molecule has 150 valence electrons. The van der Waals surface area contributed by atoms with Crippen LogP contribution in [0, 0.1) is 0 Å². The number of urea groups is 1. The second kappa shape index (κ2) is 8.53. The fourth-order valence-corrected chi connectivity index (χ4v) is 3.54. The summed E-state index contributed by atoms with van der Waals surface area (Å²) in [6, 6.07) is 14.0. The zero-order valence-electron chi connectivity index (χ0n) is 16.0. The van der Waals surface area contributed by atoms with Crippen LogP contribution in [0.2, 0.25) is 5.02 Å². The molecule has 0 aliphatic carbocycles. The first-order chi connectivity index (χ1) is 14.1. The lowest BCUT2D eigenvalue weighted by Gasteiger charge is -2.33. The molecule has 1 aromatic heterocycles. The Labute approximate surface area is 173 Å². The SMILES string of the molecule is COc1cccc(NC(=O)N2CCCCC2c2nc(-c3ccc(Cl)cc3)no2)c1. The summed E-state index contributed by atoms with van der Waals surface area (Å²) < 4.78 is 10.7. The van der Waals surface area contributed by atoms with E-state index in [4.69, 9.17) is 20.9 Å². The zero-order chi connectivity index (χ0) is 20.2. The number of methoxy groups -OCH3 is 1. The molecule has 4 rings (SSSR count). The number of benzene rings is 2. The molecule has 2 aromatic carbocycles. The van der Waals surface area contributed by atoms with Crippen LogP contribution in [0.4, 0.5) is 10.5 Å². The Bertz CT molecular complexity index is 990. The molecule has 0 radical (unpaired) electrons. The van der Waals surface area contributed by atoms with Crippen molar-refractivity contribution in [3.8, 4) is 17.1 Å². The smallest absolute Gasteiger partial charge is 0.322 e. The third kappa shape index (κ3) is 4.35. The van der Waals surface area contributed by atoms with Crippen LogP contribution in [-0.4, -0.2) is 34.7 Å². The molecule has 3 aromatic rings. The molecule has 8 heteroatoms. The summed E-state index contributed by atoms with van der Waals surface area (Å²) in [5.41, 5.74) is 1.48. The van der Waals surface area contributed by atoms with E-state index in [0.29, 0.717) is 34.7 Å². The van der Waals surface area contributed by atoms with Crippen LogP contribution in [0.3, 0.4) is 0 Å². The van der Waals surface area contributed by atoms with Crippen LogP contribution in [0.15, 0.2) is 53.1 Å². The van der Waals surface area contributed by atoms with Crippen LogP contribution in [0.1, 0.15) is 31.2 Å². The van der Waals surface area contributed by atoms with Gasteiger partial charge in [0.05, 0.1) is 7.11 Å². The van der Waals surface area contributed by atoms with Gasteiger partial charge in [0.2, 0.25) is 11.7 Å². The largest absolute Gasteiger partial charge is 0.497 e. The summed E-state index contributed by atoms with van der Waals surface area (Å²) in [5.74, 6) is 1.60. The van der Waals surface area contributed by atoms with Crippen LogP contribution >= 0.6 is 11.6 Å². The van der Waals surface area contributed by atoms with E-state index in [2.05, 4.69) is 15.5 Å². The summed E-state index contributed by atoms with van der Waals surface area (Å²) in [7, 11) is 1.59. The lowest BCUT2D eigenvalue weighted by atomic mass is 10.0. The molecule has 1 saturated heterocycles. The van der Waals surface area contributed by atoms with Crippen LogP contribution < -0.4 is 10.1 Å². The van der Waals surface area contributed by atoms with E-state index >= 15 is 0 Å². The number of hydrogen-bond acceptors (Lipinski definition) is 5. The van der Waals surface area contributed by atoms with Crippen molar-refractivity contribution in [3.63, 3.8) is 0 Å². The number of anilines is 1. The number of rotatable bonds is 4. The van der Waals surface area contributed by atoms with Gasteiger partial charge < -0.3 is 19.5 Å². The van der Waals surface area contributed by atoms with Gasteiger partial charge in [-0.05, 0) is 55.7 Å². The molecule has 2 amide bonds. The van der Waals surface area contributed by atoms with Crippen LogP contribution in [0.5, 0.6) is 5.75 Å². The number of nitrogens with zero attached hydrogens (tertiary/aromatic N) is 3. The van der Waals surface area contributed by atoms with Gasteiger partial charge in [0, 0.05) is 28.9 Å². The van der Waals surface area contributed by atoms with Crippen molar-refractivity contribution in [2.24, 2.45) is 0 Å². The Balaban J connectivity index is 1.53. The zero-order valence-corrected chi connectivity index (χ0v) is 16.7. The fourth-order valence-electron chi connectivity index (χ4n) is 3.41. The van der Waals surface area contributed by atoms with Gasteiger partial charge in [-0.25, -0.2) is 4.79 Å². The van der Waals surface area contributed by atoms with E-state index in [-0.39, 0.29) is 12.1 Å². The van der Waals surface area contributed by atoms with Crippen molar-refractivity contribution in [1.29, 1.82) is 0 Å². The highest BCUT2D eigenvalue weighted by Gasteiger charge is 2.32. The third-order valence-electron chi connectivity index (χ3n) is 4.91. The highest BCUT2D eigenvalue weighted by molar-refractivity contribution is 6.30. The van der Waals surface area contributed by atoms with Gasteiger partial charge in [-0.2, -0.15) is 4.98 Å². The van der Waals surface area contributed by atoms with Gasteiger partial charge in [-0.3, -0.25) is 0 Å². The second-order valence-corrected chi connectivity index (χ2v) is 7.27. The molecular weight excluding hydrogens is 392 g/mol. The molecule has 1 atom stereocenters. The predicted octanol–water partition coefficient (Wildman–Crippen LogP) is 5.16. The van der Waals surface area contributed by atoms with Crippen molar-refractivity contribution in [3.05, 3.63) is 59.4 Å².